The normalized spacial score (nSPS) is 16.2. The first-order chi connectivity index (χ1) is 13.0. The molecule has 0 radical (unpaired) electrons. The van der Waals surface area contributed by atoms with Gasteiger partial charge in [0.25, 0.3) is 0 Å². The predicted molar refractivity (Wildman–Crippen MR) is 115 cm³/mol. The zero-order chi connectivity index (χ0) is 20.5. The molecule has 1 unspecified atom stereocenters. The molecule has 0 fully saturated rings. The molecule has 0 amide bonds. The fourth-order valence-electron chi connectivity index (χ4n) is 1.65. The van der Waals surface area contributed by atoms with Gasteiger partial charge in [0.2, 0.25) is 0 Å². The Labute approximate surface area is 163 Å². The molecule has 0 N–H and O–H groups in total. The Kier molecular flexibility index (Phi) is 13.0. The third kappa shape index (κ3) is 10.8. The molecule has 1 atom stereocenters. The van der Waals surface area contributed by atoms with Gasteiger partial charge in [-0.1, -0.05) is 55.7 Å². The first-order valence-electron chi connectivity index (χ1n) is 8.53. The highest BCUT2D eigenvalue weighted by atomic mass is 31.2. The monoisotopic (exact) mass is 388 g/mol. The molecular formula is C22H29O4P. The van der Waals surface area contributed by atoms with E-state index in [1.54, 1.807) is 73.8 Å². The largest absolute Gasteiger partial charge is 0.647 e. The minimum atomic E-state index is -4.05. The van der Waals surface area contributed by atoms with Crippen LogP contribution in [0.4, 0.5) is 0 Å². The smallest absolute Gasteiger partial charge is 0.386 e. The molecule has 0 heterocycles. The number of phosphoric acid groups is 1. The molecule has 0 saturated heterocycles. The van der Waals surface area contributed by atoms with Gasteiger partial charge in [0.15, 0.2) is 0 Å². The van der Waals surface area contributed by atoms with Gasteiger partial charge >= 0.3 is 7.82 Å². The van der Waals surface area contributed by atoms with Crippen LogP contribution in [0.3, 0.4) is 0 Å². The topological polar surface area (TPSA) is 44.8 Å². The van der Waals surface area contributed by atoms with Crippen molar-refractivity contribution in [2.45, 2.75) is 27.7 Å². The van der Waals surface area contributed by atoms with E-state index in [1.807, 2.05) is 26.8 Å². The molecule has 0 aromatic rings. The van der Waals surface area contributed by atoms with Crippen LogP contribution in [0.15, 0.2) is 109 Å². The quantitative estimate of drug-likeness (QED) is 0.198. The third-order valence-electron chi connectivity index (χ3n) is 2.73. The molecule has 0 aliphatic carbocycles. The molecule has 0 aliphatic heterocycles. The van der Waals surface area contributed by atoms with Gasteiger partial charge in [0.1, 0.15) is 17.3 Å². The Balaban J connectivity index is 6.00. The number of allylic oxidation sites excluding steroid dienone is 13. The third-order valence-corrected chi connectivity index (χ3v) is 4.03. The first kappa shape index (κ1) is 24.3. The highest BCUT2D eigenvalue weighted by Gasteiger charge is 2.33. The minimum absolute atomic E-state index is 0.296. The van der Waals surface area contributed by atoms with Crippen LogP contribution >= 0.6 is 7.82 Å². The molecule has 0 aromatic heterocycles. The second kappa shape index (κ2) is 14.5. The molecule has 27 heavy (non-hydrogen) atoms. The van der Waals surface area contributed by atoms with Crippen LogP contribution in [0.1, 0.15) is 27.7 Å². The summed E-state index contributed by atoms with van der Waals surface area (Å²) >= 11 is 0. The van der Waals surface area contributed by atoms with E-state index in [1.165, 1.54) is 6.08 Å². The number of hydrogen-bond donors (Lipinski definition) is 0. The van der Waals surface area contributed by atoms with Gasteiger partial charge in [-0.3, -0.25) is 0 Å². The summed E-state index contributed by atoms with van der Waals surface area (Å²) in [6.45, 7) is 14.5. The van der Waals surface area contributed by atoms with Gasteiger partial charge in [-0.25, -0.2) is 0 Å². The molecule has 0 spiro atoms. The van der Waals surface area contributed by atoms with Crippen LogP contribution in [0.25, 0.3) is 0 Å². The summed E-state index contributed by atoms with van der Waals surface area (Å²) < 4.78 is 30.2. The molecule has 0 saturated carbocycles. The van der Waals surface area contributed by atoms with Crippen LogP contribution in [0.5, 0.6) is 0 Å². The average molecular weight is 388 g/mol. The molecule has 0 aromatic carbocycles. The maximum atomic E-state index is 13.4. The molecule has 146 valence electrons. The summed E-state index contributed by atoms with van der Waals surface area (Å²) in [5.41, 5.74) is 0. The van der Waals surface area contributed by atoms with Crippen molar-refractivity contribution >= 4 is 7.82 Å². The van der Waals surface area contributed by atoms with Gasteiger partial charge in [0.05, 0.1) is 0 Å². The van der Waals surface area contributed by atoms with Crippen molar-refractivity contribution in [2.24, 2.45) is 0 Å². The minimum Gasteiger partial charge on any atom is -0.386 e. The molecule has 5 heteroatoms. The Hall–Kier alpha value is -2.71. The van der Waals surface area contributed by atoms with Crippen molar-refractivity contribution in [3.05, 3.63) is 109 Å². The highest BCUT2D eigenvalue weighted by molar-refractivity contribution is 7.48. The van der Waals surface area contributed by atoms with E-state index in [0.29, 0.717) is 17.3 Å². The average Bonchev–Trinajstić information content (AvgIpc) is 2.63. The van der Waals surface area contributed by atoms with Crippen molar-refractivity contribution < 1.29 is 18.1 Å². The van der Waals surface area contributed by atoms with E-state index in [9.17, 15) is 4.57 Å². The van der Waals surface area contributed by atoms with Crippen LogP contribution in [0, 0.1) is 0 Å². The van der Waals surface area contributed by atoms with Crippen molar-refractivity contribution in [2.75, 3.05) is 0 Å². The van der Waals surface area contributed by atoms with Crippen LogP contribution < -0.4 is 0 Å². The van der Waals surface area contributed by atoms with Gasteiger partial charge in [0, 0.05) is 0 Å². The SMILES string of the molecule is C=C/C=C\C(=C/C)OP(=O)(OC(/C=C\C)=C/C=C)OC(/C=C\C)=C/C=C\C. The lowest BCUT2D eigenvalue weighted by molar-refractivity contribution is 0.205. The molecule has 0 bridgehead atoms. The van der Waals surface area contributed by atoms with E-state index in [2.05, 4.69) is 13.2 Å². The Bertz CT molecular complexity index is 731. The summed E-state index contributed by atoms with van der Waals surface area (Å²) in [6.07, 6.45) is 21.7. The standard InChI is InChI=1S/C22H29O4P/c1-7-13-18-20(12-6)24-27(23,25-21(15-9-3)16-10-4)26-22(17-11-5)19-14-8-2/h7-19H,1,3H2,2,4-6H3/b14-8-,16-10-,17-11-,18-13-,20-12+,21-15+,22-19+. The summed E-state index contributed by atoms with van der Waals surface area (Å²) in [5.74, 6) is 0.952. The lowest BCUT2D eigenvalue weighted by Crippen LogP contribution is -1.99. The van der Waals surface area contributed by atoms with Crippen molar-refractivity contribution in [3.8, 4) is 0 Å². The first-order valence-corrected chi connectivity index (χ1v) is 9.99. The summed E-state index contributed by atoms with van der Waals surface area (Å²) in [6, 6.07) is 0. The molecular weight excluding hydrogens is 359 g/mol. The Morgan fingerprint density at radius 2 is 1.26 bits per heavy atom. The lowest BCUT2D eigenvalue weighted by Gasteiger charge is -2.20. The fraction of sp³-hybridized carbons (Fsp3) is 0.182. The zero-order valence-electron chi connectivity index (χ0n) is 16.5. The molecule has 4 nitrogen and oxygen atoms in total. The van der Waals surface area contributed by atoms with E-state index in [-0.39, 0.29) is 0 Å². The van der Waals surface area contributed by atoms with Crippen molar-refractivity contribution in [1.29, 1.82) is 0 Å². The Morgan fingerprint density at radius 1 is 0.704 bits per heavy atom. The van der Waals surface area contributed by atoms with Gasteiger partial charge in [-0.15, -0.1) is 0 Å². The van der Waals surface area contributed by atoms with Crippen LogP contribution in [0.2, 0.25) is 0 Å². The van der Waals surface area contributed by atoms with Gasteiger partial charge < -0.3 is 13.6 Å². The summed E-state index contributed by atoms with van der Waals surface area (Å²) in [7, 11) is -4.05. The predicted octanol–water partition coefficient (Wildman–Crippen LogP) is 7.47. The number of phosphoric ester groups is 1. The van der Waals surface area contributed by atoms with Gasteiger partial charge in [-0.2, -0.15) is 4.57 Å². The van der Waals surface area contributed by atoms with Crippen molar-refractivity contribution in [1.82, 2.24) is 0 Å². The lowest BCUT2D eigenvalue weighted by atomic mass is 10.4. The van der Waals surface area contributed by atoms with Crippen LogP contribution in [-0.4, -0.2) is 0 Å². The molecule has 0 rings (SSSR count). The second-order valence-electron chi connectivity index (χ2n) is 4.91. The second-order valence-corrected chi connectivity index (χ2v) is 6.35. The number of rotatable bonds is 12. The van der Waals surface area contributed by atoms with Gasteiger partial charge in [-0.05, 0) is 64.2 Å². The maximum Gasteiger partial charge on any atom is 0.647 e. The van der Waals surface area contributed by atoms with E-state index < -0.39 is 7.82 Å². The highest BCUT2D eigenvalue weighted by Crippen LogP contribution is 2.55. The zero-order valence-corrected chi connectivity index (χ0v) is 17.4. The number of hydrogen-bond acceptors (Lipinski definition) is 4. The maximum absolute atomic E-state index is 13.4. The van der Waals surface area contributed by atoms with Crippen molar-refractivity contribution in [3.63, 3.8) is 0 Å². The molecule has 0 aliphatic rings. The van der Waals surface area contributed by atoms with E-state index >= 15 is 0 Å². The van der Waals surface area contributed by atoms with E-state index in [0.717, 1.165) is 0 Å². The summed E-state index contributed by atoms with van der Waals surface area (Å²) in [5, 5.41) is 0. The fourth-order valence-corrected chi connectivity index (χ4v) is 2.95. The van der Waals surface area contributed by atoms with E-state index in [4.69, 9.17) is 13.6 Å². The van der Waals surface area contributed by atoms with Crippen LogP contribution in [-0.2, 0) is 18.1 Å². The Morgan fingerprint density at radius 3 is 1.70 bits per heavy atom. The summed E-state index contributed by atoms with van der Waals surface area (Å²) in [4.78, 5) is 0.